The van der Waals surface area contributed by atoms with Gasteiger partial charge in [0.15, 0.2) is 0 Å². The molecule has 0 amide bonds. The number of unbranched alkanes of at least 4 members (excludes halogenated alkanes) is 2. The van der Waals surface area contributed by atoms with Crippen LogP contribution in [0.5, 0.6) is 11.5 Å². The molecule has 1 aromatic rings. The van der Waals surface area contributed by atoms with Gasteiger partial charge in [-0.2, -0.15) is 0 Å². The predicted octanol–water partition coefficient (Wildman–Crippen LogP) is 4.99. The highest BCUT2D eigenvalue weighted by Gasteiger charge is 2.34. The predicted molar refractivity (Wildman–Crippen MR) is 135 cm³/mol. The van der Waals surface area contributed by atoms with E-state index in [1.165, 1.54) is 6.92 Å². The number of aliphatic carboxylic acids is 2. The van der Waals surface area contributed by atoms with Crippen LogP contribution in [0.25, 0.3) is 0 Å². The Hall–Kier alpha value is -3.49. The van der Waals surface area contributed by atoms with E-state index in [1.54, 1.807) is 12.1 Å². The molecule has 0 radical (unpaired) electrons. The summed E-state index contributed by atoms with van der Waals surface area (Å²) in [6, 6.07) is 3.38. The summed E-state index contributed by atoms with van der Waals surface area (Å²) in [6.45, 7) is 5.48. The summed E-state index contributed by atoms with van der Waals surface area (Å²) in [7, 11) is 0. The van der Waals surface area contributed by atoms with E-state index in [0.29, 0.717) is 18.4 Å². The van der Waals surface area contributed by atoms with Gasteiger partial charge in [-0.25, -0.2) is 0 Å². The number of hydrogen-bond donors (Lipinski definition) is 2. The fourth-order valence-corrected chi connectivity index (χ4v) is 4.45. The number of aryl methyl sites for hydroxylation is 1. The van der Waals surface area contributed by atoms with Gasteiger partial charge in [0.25, 0.3) is 0 Å². The third kappa shape index (κ3) is 9.48. The third-order valence-electron chi connectivity index (χ3n) is 6.37. The van der Waals surface area contributed by atoms with Crippen LogP contribution in [0.1, 0.15) is 95.6 Å². The summed E-state index contributed by atoms with van der Waals surface area (Å²) in [5, 5.41) is 17.9. The van der Waals surface area contributed by atoms with Gasteiger partial charge in [-0.3, -0.25) is 24.0 Å². The Kier molecular flexibility index (Phi) is 11.5. The maximum absolute atomic E-state index is 12.6. The maximum Gasteiger partial charge on any atom is 0.311 e. The molecule has 0 bridgehead atoms. The van der Waals surface area contributed by atoms with Crippen molar-refractivity contribution in [2.45, 2.75) is 90.9 Å². The van der Waals surface area contributed by atoms with Gasteiger partial charge in [0.2, 0.25) is 0 Å². The van der Waals surface area contributed by atoms with Gasteiger partial charge in [-0.05, 0) is 57.2 Å². The minimum Gasteiger partial charge on any atom is -0.481 e. The normalized spacial score (nSPS) is 17.0. The zero-order valence-corrected chi connectivity index (χ0v) is 21.7. The SMILES string of the molecule is CCCCCc1cc(OC(=O)CCC(=O)O)c(C2C=C(C)CCC2C(C)=O)c(OC(=O)CCC(=O)O)c1. The zero-order valence-electron chi connectivity index (χ0n) is 21.7. The van der Waals surface area contributed by atoms with Crippen LogP contribution in [0.4, 0.5) is 0 Å². The molecule has 9 nitrogen and oxygen atoms in total. The van der Waals surface area contributed by atoms with E-state index in [9.17, 15) is 24.0 Å². The lowest BCUT2D eigenvalue weighted by Crippen LogP contribution is -2.25. The number of ketones is 1. The van der Waals surface area contributed by atoms with E-state index in [0.717, 1.165) is 36.8 Å². The van der Waals surface area contributed by atoms with Gasteiger partial charge in [0, 0.05) is 17.4 Å². The lowest BCUT2D eigenvalue weighted by atomic mass is 9.74. The van der Waals surface area contributed by atoms with Gasteiger partial charge in [-0.1, -0.05) is 31.4 Å². The second kappa shape index (κ2) is 14.3. The molecular weight excluding hydrogens is 480 g/mol. The quantitative estimate of drug-likeness (QED) is 0.151. The number of Topliss-reactive ketones (excluding diaryl/α,β-unsaturated/α-hetero) is 1. The van der Waals surface area contributed by atoms with Crippen LogP contribution in [-0.4, -0.2) is 39.9 Å². The van der Waals surface area contributed by atoms with E-state index >= 15 is 0 Å². The molecule has 2 unspecified atom stereocenters. The van der Waals surface area contributed by atoms with Gasteiger partial charge in [0.1, 0.15) is 17.3 Å². The van der Waals surface area contributed by atoms with Crippen molar-refractivity contribution in [3.8, 4) is 11.5 Å². The molecule has 1 aromatic carbocycles. The minimum absolute atomic E-state index is 0.0629. The zero-order chi connectivity index (χ0) is 27.5. The molecule has 2 rings (SSSR count). The average molecular weight is 517 g/mol. The Morgan fingerprint density at radius 1 is 0.892 bits per heavy atom. The Balaban J connectivity index is 2.63. The van der Waals surface area contributed by atoms with Crippen LogP contribution in [0.3, 0.4) is 0 Å². The molecule has 0 aromatic heterocycles. The molecule has 37 heavy (non-hydrogen) atoms. The number of hydrogen-bond acceptors (Lipinski definition) is 7. The van der Waals surface area contributed by atoms with E-state index in [2.05, 4.69) is 6.92 Å². The molecule has 0 aliphatic heterocycles. The monoisotopic (exact) mass is 516 g/mol. The largest absolute Gasteiger partial charge is 0.481 e. The van der Waals surface area contributed by atoms with Gasteiger partial charge in [0.05, 0.1) is 25.7 Å². The number of carboxylic acid groups (broad SMARTS) is 2. The van der Waals surface area contributed by atoms with Crippen molar-refractivity contribution >= 4 is 29.7 Å². The first-order valence-corrected chi connectivity index (χ1v) is 12.7. The standard InChI is InChI=1S/C28H36O9/c1-4-5-6-7-19-15-22(36-26(34)12-10-24(30)31)28(21-14-17(2)8-9-20(21)18(3)29)23(16-19)37-27(35)13-11-25(32)33/h14-16,20-21H,4-13H2,1-3H3,(H,30,31)(H,32,33). The van der Waals surface area contributed by atoms with E-state index in [-0.39, 0.29) is 30.1 Å². The Bertz CT molecular complexity index is 1000. The number of esters is 2. The highest BCUT2D eigenvalue weighted by atomic mass is 16.5. The average Bonchev–Trinajstić information content (AvgIpc) is 2.81. The number of ether oxygens (including phenoxy) is 2. The van der Waals surface area contributed by atoms with Crippen molar-refractivity contribution in [2.24, 2.45) is 5.92 Å². The van der Waals surface area contributed by atoms with Crippen LogP contribution < -0.4 is 9.47 Å². The molecule has 2 N–H and O–H groups in total. The fraction of sp³-hybridized carbons (Fsp3) is 0.536. The molecule has 1 aliphatic rings. The molecular formula is C28H36O9. The first kappa shape index (κ1) is 29.7. The van der Waals surface area contributed by atoms with Crippen molar-refractivity contribution in [3.05, 3.63) is 34.9 Å². The Morgan fingerprint density at radius 2 is 1.43 bits per heavy atom. The molecule has 1 aliphatic carbocycles. The summed E-state index contributed by atoms with van der Waals surface area (Å²) in [6.07, 6.45) is 5.09. The topological polar surface area (TPSA) is 144 Å². The molecule has 2 atom stereocenters. The smallest absolute Gasteiger partial charge is 0.311 e. The maximum atomic E-state index is 12.6. The van der Waals surface area contributed by atoms with Gasteiger partial charge >= 0.3 is 23.9 Å². The van der Waals surface area contributed by atoms with Crippen molar-refractivity contribution < 1.29 is 43.7 Å². The van der Waals surface area contributed by atoms with Crippen LogP contribution >= 0.6 is 0 Å². The molecule has 9 heteroatoms. The number of rotatable bonds is 14. The molecule has 202 valence electrons. The highest BCUT2D eigenvalue weighted by Crippen LogP contribution is 2.46. The first-order chi connectivity index (χ1) is 17.5. The molecule has 0 saturated heterocycles. The number of carbonyl (C=O) groups excluding carboxylic acids is 3. The molecule has 0 heterocycles. The Labute approximate surface area is 216 Å². The summed E-state index contributed by atoms with van der Waals surface area (Å²) >= 11 is 0. The number of allylic oxidation sites excluding steroid dienone is 2. The first-order valence-electron chi connectivity index (χ1n) is 12.7. The van der Waals surface area contributed by atoms with Crippen molar-refractivity contribution in [3.63, 3.8) is 0 Å². The van der Waals surface area contributed by atoms with E-state index < -0.39 is 48.6 Å². The molecule has 0 saturated carbocycles. The summed E-state index contributed by atoms with van der Waals surface area (Å²) in [5.74, 6) is -4.60. The van der Waals surface area contributed by atoms with Crippen LogP contribution in [0.2, 0.25) is 0 Å². The van der Waals surface area contributed by atoms with E-state index in [1.807, 2.05) is 13.0 Å². The number of carbonyl (C=O) groups is 5. The van der Waals surface area contributed by atoms with Crippen LogP contribution in [0.15, 0.2) is 23.8 Å². The number of benzene rings is 1. The molecule has 0 fully saturated rings. The minimum atomic E-state index is -1.14. The van der Waals surface area contributed by atoms with Crippen molar-refractivity contribution in [2.75, 3.05) is 0 Å². The van der Waals surface area contributed by atoms with Crippen molar-refractivity contribution in [1.82, 2.24) is 0 Å². The fourth-order valence-electron chi connectivity index (χ4n) is 4.45. The third-order valence-corrected chi connectivity index (χ3v) is 6.37. The second-order valence-corrected chi connectivity index (χ2v) is 9.49. The number of carboxylic acids is 2. The van der Waals surface area contributed by atoms with Gasteiger partial charge in [-0.15, -0.1) is 0 Å². The lowest BCUT2D eigenvalue weighted by Gasteiger charge is -2.30. The summed E-state index contributed by atoms with van der Waals surface area (Å²) < 4.78 is 11.3. The summed E-state index contributed by atoms with van der Waals surface area (Å²) in [5.41, 5.74) is 2.13. The Morgan fingerprint density at radius 3 is 1.89 bits per heavy atom. The lowest BCUT2D eigenvalue weighted by molar-refractivity contribution is -0.142. The van der Waals surface area contributed by atoms with E-state index in [4.69, 9.17) is 19.7 Å². The highest BCUT2D eigenvalue weighted by molar-refractivity contribution is 5.83. The van der Waals surface area contributed by atoms with Crippen LogP contribution in [-0.2, 0) is 30.4 Å². The van der Waals surface area contributed by atoms with Crippen LogP contribution in [0, 0.1) is 5.92 Å². The van der Waals surface area contributed by atoms with Gasteiger partial charge < -0.3 is 19.7 Å². The van der Waals surface area contributed by atoms with Crippen molar-refractivity contribution in [1.29, 1.82) is 0 Å². The molecule has 0 spiro atoms. The summed E-state index contributed by atoms with van der Waals surface area (Å²) in [4.78, 5) is 59.6. The second-order valence-electron chi connectivity index (χ2n) is 9.49.